The molecule has 1 N–H and O–H groups in total. The Morgan fingerprint density at radius 1 is 1.21 bits per heavy atom. The van der Waals surface area contributed by atoms with Gasteiger partial charge in [-0.1, -0.05) is 18.2 Å². The van der Waals surface area contributed by atoms with Gasteiger partial charge in [0.25, 0.3) is 0 Å². The molecule has 1 aromatic rings. The second kappa shape index (κ2) is 9.89. The second-order valence-corrected chi connectivity index (χ2v) is 7.31. The van der Waals surface area contributed by atoms with Gasteiger partial charge in [-0.05, 0) is 25.3 Å². The number of methoxy groups -OCH3 is 2. The highest BCUT2D eigenvalue weighted by molar-refractivity contribution is 5.85. The van der Waals surface area contributed by atoms with E-state index in [1.165, 1.54) is 0 Å². The lowest BCUT2D eigenvalue weighted by atomic mass is 9.83. The zero-order valence-electron chi connectivity index (χ0n) is 16.7. The zero-order valence-corrected chi connectivity index (χ0v) is 16.7. The van der Waals surface area contributed by atoms with Crippen LogP contribution in [0.25, 0.3) is 0 Å². The van der Waals surface area contributed by atoms with Crippen molar-refractivity contribution in [3.63, 3.8) is 0 Å². The van der Waals surface area contributed by atoms with E-state index in [2.05, 4.69) is 5.32 Å². The van der Waals surface area contributed by atoms with Crippen LogP contribution in [-0.4, -0.2) is 63.3 Å². The molecule has 0 radical (unpaired) electrons. The van der Waals surface area contributed by atoms with E-state index in [0.717, 1.165) is 18.4 Å². The molecule has 2 saturated heterocycles. The molecule has 2 aliphatic heterocycles. The molecule has 3 rings (SSSR count). The van der Waals surface area contributed by atoms with Crippen molar-refractivity contribution in [3.05, 3.63) is 29.8 Å². The van der Waals surface area contributed by atoms with E-state index in [0.29, 0.717) is 45.0 Å². The van der Waals surface area contributed by atoms with Crippen molar-refractivity contribution in [1.82, 2.24) is 10.2 Å². The molecule has 1 aromatic carbocycles. The summed E-state index contributed by atoms with van der Waals surface area (Å²) in [5.74, 6) is 0.406. The standard InChI is InChI=1S/C21H30N2O5/c1-26-14-11-23-19(24)8-7-17(21(25)22-15-9-12-28-13-10-15)20(23)16-5-3-4-6-18(16)27-2/h3-6,15,17,20H,7-14H2,1-2H3,(H,22,25)/t17-,20+/m1/s1. The number of nitrogens with one attached hydrogen (secondary N) is 1. The highest BCUT2D eigenvalue weighted by atomic mass is 16.5. The molecule has 154 valence electrons. The van der Waals surface area contributed by atoms with Gasteiger partial charge in [-0.25, -0.2) is 0 Å². The van der Waals surface area contributed by atoms with Gasteiger partial charge in [-0.2, -0.15) is 0 Å². The number of rotatable bonds is 7. The largest absolute Gasteiger partial charge is 0.496 e. The highest BCUT2D eigenvalue weighted by Gasteiger charge is 2.42. The summed E-state index contributed by atoms with van der Waals surface area (Å²) >= 11 is 0. The summed E-state index contributed by atoms with van der Waals surface area (Å²) in [6, 6.07) is 7.38. The van der Waals surface area contributed by atoms with Crippen LogP contribution in [0, 0.1) is 5.92 Å². The number of amides is 2. The summed E-state index contributed by atoms with van der Waals surface area (Å²) in [4.78, 5) is 27.7. The molecule has 0 aromatic heterocycles. The first-order chi connectivity index (χ1) is 13.7. The van der Waals surface area contributed by atoms with E-state index in [1.54, 1.807) is 19.1 Å². The van der Waals surface area contributed by atoms with E-state index in [1.807, 2.05) is 24.3 Å². The van der Waals surface area contributed by atoms with Crippen LogP contribution in [0.5, 0.6) is 5.75 Å². The summed E-state index contributed by atoms with van der Waals surface area (Å²) in [5, 5.41) is 3.19. The quantitative estimate of drug-likeness (QED) is 0.770. The van der Waals surface area contributed by atoms with Gasteiger partial charge in [0.1, 0.15) is 5.75 Å². The Hall–Kier alpha value is -2.12. The second-order valence-electron chi connectivity index (χ2n) is 7.31. The van der Waals surface area contributed by atoms with Crippen LogP contribution in [0.2, 0.25) is 0 Å². The first kappa shape index (κ1) is 20.6. The van der Waals surface area contributed by atoms with Gasteiger partial charge < -0.3 is 24.4 Å². The summed E-state index contributed by atoms with van der Waals surface area (Å²) in [6.45, 7) is 2.21. The number of carbonyl (C=O) groups excluding carboxylic acids is 2. The maximum Gasteiger partial charge on any atom is 0.225 e. The minimum absolute atomic E-state index is 0.00211. The average molecular weight is 390 g/mol. The van der Waals surface area contributed by atoms with Crippen molar-refractivity contribution in [2.45, 2.75) is 37.8 Å². The zero-order chi connectivity index (χ0) is 19.9. The topological polar surface area (TPSA) is 77.1 Å². The molecular weight excluding hydrogens is 360 g/mol. The van der Waals surface area contributed by atoms with Gasteiger partial charge in [-0.3, -0.25) is 9.59 Å². The third kappa shape index (κ3) is 4.64. The number of carbonyl (C=O) groups is 2. The third-order valence-electron chi connectivity index (χ3n) is 5.60. The highest BCUT2D eigenvalue weighted by Crippen LogP contribution is 2.40. The Kier molecular flexibility index (Phi) is 7.28. The Balaban J connectivity index is 1.89. The number of para-hydroxylation sites is 1. The predicted molar refractivity (Wildman–Crippen MR) is 104 cm³/mol. The van der Waals surface area contributed by atoms with E-state index in [4.69, 9.17) is 14.2 Å². The lowest BCUT2D eigenvalue weighted by Crippen LogP contribution is -2.51. The molecule has 28 heavy (non-hydrogen) atoms. The van der Waals surface area contributed by atoms with Crippen molar-refractivity contribution in [3.8, 4) is 5.75 Å². The Bertz CT molecular complexity index is 675. The SMILES string of the molecule is COCCN1C(=O)CC[C@@H](C(=O)NC2CCOCC2)[C@@H]1c1ccccc1OC. The number of piperidine rings is 1. The number of benzene rings is 1. The van der Waals surface area contributed by atoms with Crippen molar-refractivity contribution < 1.29 is 23.8 Å². The molecule has 2 aliphatic rings. The van der Waals surface area contributed by atoms with Gasteiger partial charge in [0.05, 0.1) is 25.7 Å². The van der Waals surface area contributed by atoms with Crippen molar-refractivity contribution in [1.29, 1.82) is 0 Å². The molecule has 2 fully saturated rings. The molecule has 0 bridgehead atoms. The molecule has 7 heteroatoms. The molecule has 2 amide bonds. The lowest BCUT2D eigenvalue weighted by Gasteiger charge is -2.41. The van der Waals surface area contributed by atoms with Crippen LogP contribution in [0.1, 0.15) is 37.3 Å². The Morgan fingerprint density at radius 3 is 2.68 bits per heavy atom. The molecular formula is C21H30N2O5. The van der Waals surface area contributed by atoms with Crippen LogP contribution < -0.4 is 10.1 Å². The monoisotopic (exact) mass is 390 g/mol. The van der Waals surface area contributed by atoms with Gasteiger partial charge >= 0.3 is 0 Å². The normalized spacial score (nSPS) is 23.5. The first-order valence-electron chi connectivity index (χ1n) is 9.95. The van der Waals surface area contributed by atoms with Gasteiger partial charge in [0.2, 0.25) is 11.8 Å². The van der Waals surface area contributed by atoms with E-state index in [-0.39, 0.29) is 29.8 Å². The summed E-state index contributed by atoms with van der Waals surface area (Å²) in [5.41, 5.74) is 0.862. The number of hydrogen-bond donors (Lipinski definition) is 1. The molecule has 0 aliphatic carbocycles. The van der Waals surface area contributed by atoms with Crippen LogP contribution in [0.3, 0.4) is 0 Å². The maximum atomic E-state index is 13.2. The van der Waals surface area contributed by atoms with Gasteiger partial charge in [0.15, 0.2) is 0 Å². The molecule has 7 nitrogen and oxygen atoms in total. The summed E-state index contributed by atoms with van der Waals surface area (Å²) in [6.07, 6.45) is 2.54. The van der Waals surface area contributed by atoms with Crippen LogP contribution >= 0.6 is 0 Å². The number of hydrogen-bond acceptors (Lipinski definition) is 5. The minimum Gasteiger partial charge on any atom is -0.496 e. The Labute approximate surface area is 166 Å². The fourth-order valence-corrected chi connectivity index (χ4v) is 4.13. The van der Waals surface area contributed by atoms with E-state index in [9.17, 15) is 9.59 Å². The minimum atomic E-state index is -0.368. The van der Waals surface area contributed by atoms with Gasteiger partial charge in [0, 0.05) is 44.9 Å². The van der Waals surface area contributed by atoms with Crippen molar-refractivity contribution in [2.75, 3.05) is 40.6 Å². The lowest BCUT2D eigenvalue weighted by molar-refractivity contribution is -0.144. The number of nitrogens with zero attached hydrogens (tertiary/aromatic N) is 1. The number of likely N-dealkylation sites (tertiary alicyclic amines) is 1. The van der Waals surface area contributed by atoms with Gasteiger partial charge in [-0.15, -0.1) is 0 Å². The predicted octanol–water partition coefficient (Wildman–Crippen LogP) is 1.92. The molecule has 2 atom stereocenters. The van der Waals surface area contributed by atoms with Crippen LogP contribution in [0.4, 0.5) is 0 Å². The summed E-state index contributed by atoms with van der Waals surface area (Å²) < 4.78 is 16.1. The average Bonchev–Trinajstić information content (AvgIpc) is 2.73. The Morgan fingerprint density at radius 2 is 1.96 bits per heavy atom. The van der Waals surface area contributed by atoms with Crippen LogP contribution in [-0.2, 0) is 19.1 Å². The van der Waals surface area contributed by atoms with E-state index >= 15 is 0 Å². The molecule has 0 unspecified atom stereocenters. The maximum absolute atomic E-state index is 13.2. The van der Waals surface area contributed by atoms with E-state index < -0.39 is 0 Å². The fraction of sp³-hybridized carbons (Fsp3) is 0.619. The smallest absolute Gasteiger partial charge is 0.225 e. The first-order valence-corrected chi connectivity index (χ1v) is 9.95. The fourth-order valence-electron chi connectivity index (χ4n) is 4.13. The van der Waals surface area contributed by atoms with Crippen molar-refractivity contribution in [2.24, 2.45) is 5.92 Å². The van der Waals surface area contributed by atoms with Crippen molar-refractivity contribution >= 4 is 11.8 Å². The molecule has 0 spiro atoms. The molecule has 0 saturated carbocycles. The molecule has 2 heterocycles. The number of ether oxygens (including phenoxy) is 3. The third-order valence-corrected chi connectivity index (χ3v) is 5.60. The summed E-state index contributed by atoms with van der Waals surface area (Å²) in [7, 11) is 3.22. The van der Waals surface area contributed by atoms with Crippen LogP contribution in [0.15, 0.2) is 24.3 Å².